The molecule has 2 N–H and O–H groups in total. The minimum absolute atomic E-state index is 0.549. The summed E-state index contributed by atoms with van der Waals surface area (Å²) in [5.41, 5.74) is 1.62. The van der Waals surface area contributed by atoms with Crippen LogP contribution >= 0.6 is 0 Å². The molecule has 1 aromatic carbocycles. The number of benzene rings is 1. The number of methoxy groups -OCH3 is 2. The van der Waals surface area contributed by atoms with Gasteiger partial charge in [-0.1, -0.05) is 0 Å². The number of aliphatic hydroxyl groups is 1. The summed E-state index contributed by atoms with van der Waals surface area (Å²) in [7, 11) is 4.95. The zero-order chi connectivity index (χ0) is 11.4. The molecule has 1 rings (SSSR count). The molecule has 0 aliphatic rings. The monoisotopic (exact) mass is 211 g/mol. The van der Waals surface area contributed by atoms with Crippen LogP contribution in [0.1, 0.15) is 18.6 Å². The number of aliphatic hydroxyl groups excluding tert-OH is 1. The summed E-state index contributed by atoms with van der Waals surface area (Å²) < 4.78 is 10.3. The number of hydrogen-bond donors (Lipinski definition) is 2. The Labute approximate surface area is 89.8 Å². The first-order valence-electron chi connectivity index (χ1n) is 4.75. The molecule has 1 unspecified atom stereocenters. The lowest BCUT2D eigenvalue weighted by atomic mass is 10.1. The van der Waals surface area contributed by atoms with Crippen molar-refractivity contribution in [1.82, 2.24) is 0 Å². The normalized spacial score (nSPS) is 12.1. The topological polar surface area (TPSA) is 50.7 Å². The highest BCUT2D eigenvalue weighted by molar-refractivity contribution is 5.61. The molecule has 0 fully saturated rings. The van der Waals surface area contributed by atoms with Gasteiger partial charge in [-0.05, 0) is 13.0 Å². The molecule has 0 aromatic heterocycles. The van der Waals surface area contributed by atoms with Gasteiger partial charge >= 0.3 is 0 Å². The van der Waals surface area contributed by atoms with E-state index in [4.69, 9.17) is 9.47 Å². The quantitative estimate of drug-likeness (QED) is 0.797. The van der Waals surface area contributed by atoms with E-state index < -0.39 is 6.10 Å². The van der Waals surface area contributed by atoms with Crippen LogP contribution < -0.4 is 14.8 Å². The highest BCUT2D eigenvalue weighted by atomic mass is 16.5. The second kappa shape index (κ2) is 4.89. The van der Waals surface area contributed by atoms with E-state index in [0.717, 1.165) is 11.3 Å². The highest BCUT2D eigenvalue weighted by Gasteiger charge is 2.13. The van der Waals surface area contributed by atoms with Crippen LogP contribution in [0.3, 0.4) is 0 Å². The number of hydrogen-bond acceptors (Lipinski definition) is 4. The van der Waals surface area contributed by atoms with Crippen LogP contribution in [0.2, 0.25) is 0 Å². The molecule has 84 valence electrons. The summed E-state index contributed by atoms with van der Waals surface area (Å²) in [4.78, 5) is 0. The van der Waals surface area contributed by atoms with Crippen molar-refractivity contribution in [3.8, 4) is 11.5 Å². The Morgan fingerprint density at radius 2 is 1.73 bits per heavy atom. The van der Waals surface area contributed by atoms with Gasteiger partial charge in [-0.25, -0.2) is 0 Å². The second-order valence-electron chi connectivity index (χ2n) is 3.22. The lowest BCUT2D eigenvalue weighted by Crippen LogP contribution is -2.01. The highest BCUT2D eigenvalue weighted by Crippen LogP contribution is 2.35. The van der Waals surface area contributed by atoms with Gasteiger partial charge in [0.15, 0.2) is 11.5 Å². The molecule has 1 aromatic rings. The van der Waals surface area contributed by atoms with Gasteiger partial charge in [-0.2, -0.15) is 0 Å². The lowest BCUT2D eigenvalue weighted by Gasteiger charge is -2.16. The van der Waals surface area contributed by atoms with E-state index >= 15 is 0 Å². The SMILES string of the molecule is CNc1cc(OC)c(OC)cc1C(C)O. The molecular weight excluding hydrogens is 194 g/mol. The molecule has 4 nitrogen and oxygen atoms in total. The van der Waals surface area contributed by atoms with Crippen LogP contribution in [0.4, 0.5) is 5.69 Å². The first-order valence-corrected chi connectivity index (χ1v) is 4.75. The Morgan fingerprint density at radius 3 is 2.13 bits per heavy atom. The van der Waals surface area contributed by atoms with Crippen molar-refractivity contribution in [2.75, 3.05) is 26.6 Å². The van der Waals surface area contributed by atoms with Crippen molar-refractivity contribution in [2.45, 2.75) is 13.0 Å². The summed E-state index contributed by atoms with van der Waals surface area (Å²) in [5.74, 6) is 1.26. The minimum atomic E-state index is -0.549. The van der Waals surface area contributed by atoms with Crippen molar-refractivity contribution in [2.24, 2.45) is 0 Å². The van der Waals surface area contributed by atoms with Crippen LogP contribution in [0.5, 0.6) is 11.5 Å². The van der Waals surface area contributed by atoms with E-state index in [-0.39, 0.29) is 0 Å². The molecule has 0 aliphatic heterocycles. The summed E-state index contributed by atoms with van der Waals surface area (Å²) in [6.07, 6.45) is -0.549. The number of ether oxygens (including phenoxy) is 2. The van der Waals surface area contributed by atoms with Crippen LogP contribution in [0, 0.1) is 0 Å². The van der Waals surface area contributed by atoms with Gasteiger partial charge in [0.25, 0.3) is 0 Å². The zero-order valence-corrected chi connectivity index (χ0v) is 9.50. The van der Waals surface area contributed by atoms with Gasteiger partial charge < -0.3 is 19.9 Å². The maximum Gasteiger partial charge on any atom is 0.162 e. The summed E-state index contributed by atoms with van der Waals surface area (Å²) in [5, 5.41) is 12.6. The largest absolute Gasteiger partial charge is 0.493 e. The van der Waals surface area contributed by atoms with Crippen molar-refractivity contribution in [3.63, 3.8) is 0 Å². The third-order valence-electron chi connectivity index (χ3n) is 2.28. The van der Waals surface area contributed by atoms with Crippen LogP contribution in [0.25, 0.3) is 0 Å². The predicted molar refractivity (Wildman–Crippen MR) is 59.7 cm³/mol. The van der Waals surface area contributed by atoms with E-state index in [1.165, 1.54) is 0 Å². The average Bonchev–Trinajstić information content (AvgIpc) is 2.26. The summed E-state index contributed by atoms with van der Waals surface area (Å²) in [6, 6.07) is 3.58. The Bertz CT molecular complexity index is 337. The minimum Gasteiger partial charge on any atom is -0.493 e. The van der Waals surface area contributed by atoms with E-state index in [2.05, 4.69) is 5.32 Å². The summed E-state index contributed by atoms with van der Waals surface area (Å²) in [6.45, 7) is 1.71. The fourth-order valence-corrected chi connectivity index (χ4v) is 1.46. The van der Waals surface area contributed by atoms with Gasteiger partial charge in [0.2, 0.25) is 0 Å². The number of rotatable bonds is 4. The molecule has 4 heteroatoms. The molecule has 0 heterocycles. The number of anilines is 1. The molecule has 0 radical (unpaired) electrons. The molecule has 0 aliphatic carbocycles. The molecule has 15 heavy (non-hydrogen) atoms. The van der Waals surface area contributed by atoms with E-state index in [9.17, 15) is 5.11 Å². The van der Waals surface area contributed by atoms with Gasteiger partial charge in [0.1, 0.15) is 0 Å². The second-order valence-corrected chi connectivity index (χ2v) is 3.22. The van der Waals surface area contributed by atoms with Crippen LogP contribution in [-0.2, 0) is 0 Å². The smallest absolute Gasteiger partial charge is 0.162 e. The van der Waals surface area contributed by atoms with Crippen molar-refractivity contribution < 1.29 is 14.6 Å². The molecule has 1 atom stereocenters. The van der Waals surface area contributed by atoms with Gasteiger partial charge in [-0.3, -0.25) is 0 Å². The van der Waals surface area contributed by atoms with Crippen LogP contribution in [-0.4, -0.2) is 26.4 Å². The van der Waals surface area contributed by atoms with E-state index in [0.29, 0.717) is 11.5 Å². The van der Waals surface area contributed by atoms with Gasteiger partial charge in [0, 0.05) is 24.4 Å². The van der Waals surface area contributed by atoms with Crippen molar-refractivity contribution >= 4 is 5.69 Å². The van der Waals surface area contributed by atoms with Gasteiger partial charge in [0.05, 0.1) is 20.3 Å². The zero-order valence-electron chi connectivity index (χ0n) is 9.50. The first-order chi connectivity index (χ1) is 7.13. The van der Waals surface area contributed by atoms with Gasteiger partial charge in [-0.15, -0.1) is 0 Å². The van der Waals surface area contributed by atoms with Crippen LogP contribution in [0.15, 0.2) is 12.1 Å². The lowest BCUT2D eigenvalue weighted by molar-refractivity contribution is 0.199. The summed E-state index contributed by atoms with van der Waals surface area (Å²) >= 11 is 0. The number of nitrogens with one attached hydrogen (secondary N) is 1. The third kappa shape index (κ3) is 2.33. The first kappa shape index (κ1) is 11.7. The third-order valence-corrected chi connectivity index (χ3v) is 2.28. The molecule has 0 bridgehead atoms. The fraction of sp³-hybridized carbons (Fsp3) is 0.455. The Hall–Kier alpha value is -1.42. The molecule has 0 spiro atoms. The standard InChI is InChI=1S/C11H17NO3/c1-7(13)8-5-10(14-3)11(15-4)6-9(8)12-2/h5-7,12-13H,1-4H3. The van der Waals surface area contributed by atoms with E-state index in [1.807, 2.05) is 0 Å². The Kier molecular flexibility index (Phi) is 3.80. The average molecular weight is 211 g/mol. The van der Waals surface area contributed by atoms with Crippen molar-refractivity contribution in [1.29, 1.82) is 0 Å². The molecule has 0 saturated heterocycles. The fourth-order valence-electron chi connectivity index (χ4n) is 1.46. The predicted octanol–water partition coefficient (Wildman–Crippen LogP) is 1.80. The maximum atomic E-state index is 9.58. The molecule has 0 amide bonds. The Balaban J connectivity index is 3.27. The molecular formula is C11H17NO3. The maximum absolute atomic E-state index is 9.58. The molecule has 0 saturated carbocycles. The van der Waals surface area contributed by atoms with E-state index in [1.54, 1.807) is 40.3 Å². The Morgan fingerprint density at radius 1 is 1.20 bits per heavy atom. The van der Waals surface area contributed by atoms with Crippen molar-refractivity contribution in [3.05, 3.63) is 17.7 Å².